The quantitative estimate of drug-likeness (QED) is 0.646. The smallest absolute Gasteiger partial charge is 0.252 e. The topological polar surface area (TPSA) is 78.7 Å². The number of rotatable bonds is 7. The highest BCUT2D eigenvalue weighted by molar-refractivity contribution is 7.14. The minimum Gasteiger partial charge on any atom is -0.396 e. The molecule has 2 aliphatic carbocycles. The standard InChI is InChI=1S/C25H38N4O2S/c1-7-29(19-10-8-18(9-11-19)28(5)6)25-17(4)21(14-32-25)24(31)27-13-20-15(2)12-16(3)22(26)23(20)30/h14,18-19H,7-13,26H2,1-6H3,(H,27,31). The van der Waals surface area contributed by atoms with E-state index in [-0.39, 0.29) is 18.2 Å². The van der Waals surface area contributed by atoms with E-state index in [1.165, 1.54) is 30.7 Å². The largest absolute Gasteiger partial charge is 0.396 e. The SMILES string of the molecule is CCN(c1scc(C(=O)NCC2=C(C)CC(C)=C(N)C2=O)c1C)C1CCC(N(C)C)CC1. The van der Waals surface area contributed by atoms with Crippen LogP contribution in [-0.2, 0) is 4.79 Å². The van der Waals surface area contributed by atoms with E-state index in [0.29, 0.717) is 35.3 Å². The summed E-state index contributed by atoms with van der Waals surface area (Å²) in [6.07, 6.45) is 5.47. The van der Waals surface area contributed by atoms with Gasteiger partial charge in [-0.2, -0.15) is 0 Å². The number of allylic oxidation sites excluding steroid dienone is 3. The van der Waals surface area contributed by atoms with E-state index < -0.39 is 0 Å². The molecule has 0 saturated heterocycles. The average Bonchev–Trinajstić information content (AvgIpc) is 3.14. The summed E-state index contributed by atoms with van der Waals surface area (Å²) in [6.45, 7) is 9.21. The lowest BCUT2D eigenvalue weighted by atomic mass is 9.89. The Morgan fingerprint density at radius 1 is 1.12 bits per heavy atom. The molecule has 3 rings (SSSR count). The fourth-order valence-corrected chi connectivity index (χ4v) is 6.23. The summed E-state index contributed by atoms with van der Waals surface area (Å²) in [5, 5.41) is 6.11. The summed E-state index contributed by atoms with van der Waals surface area (Å²) in [7, 11) is 4.34. The van der Waals surface area contributed by atoms with Gasteiger partial charge in [0.1, 0.15) is 0 Å². The van der Waals surface area contributed by atoms with E-state index in [4.69, 9.17) is 5.73 Å². The molecule has 1 heterocycles. The zero-order valence-corrected chi connectivity index (χ0v) is 21.2. The molecule has 0 bridgehead atoms. The number of amides is 1. The van der Waals surface area contributed by atoms with Crippen molar-refractivity contribution in [2.45, 2.75) is 71.9 Å². The Hall–Kier alpha value is -2.12. The van der Waals surface area contributed by atoms with E-state index in [9.17, 15) is 9.59 Å². The van der Waals surface area contributed by atoms with Crippen LogP contribution in [0.1, 0.15) is 68.8 Å². The zero-order chi connectivity index (χ0) is 23.6. The lowest BCUT2D eigenvalue weighted by molar-refractivity contribution is -0.112. The van der Waals surface area contributed by atoms with Crippen molar-refractivity contribution in [3.05, 3.63) is 38.9 Å². The zero-order valence-electron chi connectivity index (χ0n) is 20.4. The van der Waals surface area contributed by atoms with Crippen LogP contribution < -0.4 is 16.0 Å². The molecule has 0 atom stereocenters. The van der Waals surface area contributed by atoms with E-state index in [0.717, 1.165) is 23.3 Å². The molecular formula is C25H38N4O2S. The molecule has 176 valence electrons. The summed E-state index contributed by atoms with van der Waals surface area (Å²) in [5.41, 5.74) is 10.5. The van der Waals surface area contributed by atoms with E-state index in [2.05, 4.69) is 36.1 Å². The summed E-state index contributed by atoms with van der Waals surface area (Å²) in [4.78, 5) is 30.3. The van der Waals surface area contributed by atoms with Crippen molar-refractivity contribution in [2.75, 3.05) is 32.1 Å². The maximum absolute atomic E-state index is 13.0. The number of carbonyl (C=O) groups is 2. The van der Waals surface area contributed by atoms with Crippen LogP contribution in [0.15, 0.2) is 27.8 Å². The summed E-state index contributed by atoms with van der Waals surface area (Å²) < 4.78 is 0. The van der Waals surface area contributed by atoms with Crippen molar-refractivity contribution in [1.82, 2.24) is 10.2 Å². The van der Waals surface area contributed by atoms with Crippen LogP contribution in [0, 0.1) is 6.92 Å². The van der Waals surface area contributed by atoms with Crippen LogP contribution in [0.5, 0.6) is 0 Å². The highest BCUT2D eigenvalue weighted by Crippen LogP contribution is 2.36. The van der Waals surface area contributed by atoms with E-state index >= 15 is 0 Å². The number of nitrogens with one attached hydrogen (secondary N) is 1. The first-order chi connectivity index (χ1) is 15.1. The van der Waals surface area contributed by atoms with Crippen molar-refractivity contribution in [3.63, 3.8) is 0 Å². The van der Waals surface area contributed by atoms with E-state index in [1.807, 2.05) is 26.2 Å². The monoisotopic (exact) mass is 458 g/mol. The Labute approximate surface area is 196 Å². The lowest BCUT2D eigenvalue weighted by Crippen LogP contribution is -2.42. The van der Waals surface area contributed by atoms with Gasteiger partial charge in [-0.25, -0.2) is 0 Å². The van der Waals surface area contributed by atoms with Gasteiger partial charge in [0.25, 0.3) is 5.91 Å². The number of nitrogens with two attached hydrogens (primary N) is 1. The van der Waals surface area contributed by atoms with Gasteiger partial charge >= 0.3 is 0 Å². The molecule has 7 heteroatoms. The highest BCUT2D eigenvalue weighted by atomic mass is 32.1. The predicted molar refractivity (Wildman–Crippen MR) is 133 cm³/mol. The van der Waals surface area contributed by atoms with E-state index in [1.54, 1.807) is 11.3 Å². The molecule has 3 N–H and O–H groups in total. The van der Waals surface area contributed by atoms with Crippen molar-refractivity contribution in [2.24, 2.45) is 5.73 Å². The molecule has 0 radical (unpaired) electrons. The summed E-state index contributed by atoms with van der Waals surface area (Å²) in [5.74, 6) is -0.282. The summed E-state index contributed by atoms with van der Waals surface area (Å²) >= 11 is 1.65. The Balaban J connectivity index is 1.68. The highest BCUT2D eigenvalue weighted by Gasteiger charge is 2.29. The van der Waals surface area contributed by atoms with Crippen LogP contribution in [0.4, 0.5) is 5.00 Å². The van der Waals surface area contributed by atoms with Crippen molar-refractivity contribution >= 4 is 28.0 Å². The number of thiophene rings is 1. The second kappa shape index (κ2) is 10.2. The second-order valence-electron chi connectivity index (χ2n) is 9.43. The molecule has 1 saturated carbocycles. The molecule has 0 aliphatic heterocycles. The molecule has 2 aliphatic rings. The number of carbonyl (C=O) groups excluding carboxylic acids is 2. The third kappa shape index (κ3) is 4.94. The summed E-state index contributed by atoms with van der Waals surface area (Å²) in [6, 6.07) is 1.19. The number of ketones is 1. The fourth-order valence-electron chi connectivity index (χ4n) is 5.01. The van der Waals surface area contributed by atoms with Gasteiger partial charge in [0, 0.05) is 36.1 Å². The number of nitrogens with zero attached hydrogens (tertiary/aromatic N) is 2. The fraction of sp³-hybridized carbons (Fsp3) is 0.600. The van der Waals surface area contributed by atoms with Gasteiger partial charge in [-0.15, -0.1) is 11.3 Å². The molecule has 0 spiro atoms. The van der Waals surface area contributed by atoms with Gasteiger partial charge in [0.15, 0.2) is 0 Å². The Bertz CT molecular complexity index is 936. The third-order valence-corrected chi connectivity index (χ3v) is 8.26. The molecule has 6 nitrogen and oxygen atoms in total. The van der Waals surface area contributed by atoms with Crippen molar-refractivity contribution in [1.29, 1.82) is 0 Å². The number of anilines is 1. The molecule has 1 fully saturated rings. The van der Waals surface area contributed by atoms with Crippen LogP contribution in [0.2, 0.25) is 0 Å². The molecule has 32 heavy (non-hydrogen) atoms. The minimum absolute atomic E-state index is 0.129. The van der Waals surface area contributed by atoms with Crippen LogP contribution in [-0.4, -0.2) is 55.9 Å². The first kappa shape index (κ1) is 24.5. The van der Waals surface area contributed by atoms with Gasteiger partial charge in [0.05, 0.1) is 16.3 Å². The Morgan fingerprint density at radius 3 is 2.34 bits per heavy atom. The van der Waals surface area contributed by atoms with Crippen LogP contribution in [0.3, 0.4) is 0 Å². The average molecular weight is 459 g/mol. The van der Waals surface area contributed by atoms with Crippen LogP contribution in [0.25, 0.3) is 0 Å². The van der Waals surface area contributed by atoms with Gasteiger partial charge in [-0.3, -0.25) is 9.59 Å². The Morgan fingerprint density at radius 2 is 1.75 bits per heavy atom. The molecular weight excluding hydrogens is 420 g/mol. The number of Topliss-reactive ketones (excluding diaryl/α,β-unsaturated/α-hetero) is 1. The minimum atomic E-state index is -0.153. The molecule has 1 aromatic heterocycles. The second-order valence-corrected chi connectivity index (χ2v) is 10.3. The van der Waals surface area contributed by atoms with Gasteiger partial charge in [0.2, 0.25) is 5.78 Å². The molecule has 0 aromatic carbocycles. The first-order valence-electron chi connectivity index (χ1n) is 11.6. The molecule has 1 aromatic rings. The van der Waals surface area contributed by atoms with Gasteiger partial charge < -0.3 is 20.9 Å². The first-order valence-corrected chi connectivity index (χ1v) is 12.5. The number of hydrogen-bond donors (Lipinski definition) is 2. The van der Waals surface area contributed by atoms with Crippen LogP contribution >= 0.6 is 11.3 Å². The molecule has 1 amide bonds. The van der Waals surface area contributed by atoms with Crippen molar-refractivity contribution < 1.29 is 9.59 Å². The van der Waals surface area contributed by atoms with Crippen molar-refractivity contribution in [3.8, 4) is 0 Å². The van der Waals surface area contributed by atoms with Gasteiger partial charge in [-0.1, -0.05) is 5.57 Å². The predicted octanol–water partition coefficient (Wildman–Crippen LogP) is 4.01. The van der Waals surface area contributed by atoms with Gasteiger partial charge in [-0.05, 0) is 85.0 Å². The Kier molecular flexibility index (Phi) is 7.83. The molecule has 0 unspecified atom stereocenters. The normalized spacial score (nSPS) is 22.0. The lowest BCUT2D eigenvalue weighted by Gasteiger charge is -2.39. The maximum atomic E-state index is 13.0. The maximum Gasteiger partial charge on any atom is 0.252 e. The number of hydrogen-bond acceptors (Lipinski definition) is 6. The third-order valence-electron chi connectivity index (χ3n) is 7.15.